The maximum Gasteiger partial charge on any atom is 0.265 e. The van der Waals surface area contributed by atoms with Gasteiger partial charge in [0.15, 0.2) is 0 Å². The van der Waals surface area contributed by atoms with Crippen molar-refractivity contribution < 1.29 is 17.8 Å². The molecule has 3 aliphatic carbocycles. The summed E-state index contributed by atoms with van der Waals surface area (Å²) in [5.74, 6) is 0.449. The predicted molar refractivity (Wildman–Crippen MR) is 54.9 cm³/mol. The van der Waals surface area contributed by atoms with Gasteiger partial charge in [-0.1, -0.05) is 13.8 Å². The zero-order chi connectivity index (χ0) is 11.4. The van der Waals surface area contributed by atoms with Gasteiger partial charge >= 0.3 is 0 Å². The molecular formula is C10H16O4S. The molecule has 3 rings (SSSR count). The second-order valence-corrected chi connectivity index (χ2v) is 6.70. The molecule has 0 aromatic rings. The number of rotatable bonds is 3. The van der Waals surface area contributed by atoms with E-state index in [2.05, 4.69) is 0 Å². The van der Waals surface area contributed by atoms with E-state index in [0.717, 1.165) is 0 Å². The third-order valence-electron chi connectivity index (χ3n) is 3.93. The highest BCUT2D eigenvalue weighted by molar-refractivity contribution is 7.85. The molecule has 0 amide bonds. The topological polar surface area (TPSA) is 71.4 Å². The van der Waals surface area contributed by atoms with Crippen LogP contribution in [0.25, 0.3) is 0 Å². The van der Waals surface area contributed by atoms with Gasteiger partial charge in [-0.3, -0.25) is 9.35 Å². The number of ketones is 1. The molecule has 0 heterocycles. The van der Waals surface area contributed by atoms with E-state index < -0.39 is 15.5 Å². The Hall–Kier alpha value is -0.420. The van der Waals surface area contributed by atoms with Crippen molar-refractivity contribution in [1.29, 1.82) is 0 Å². The second-order valence-electron chi connectivity index (χ2n) is 5.24. The van der Waals surface area contributed by atoms with Gasteiger partial charge in [0.2, 0.25) is 0 Å². The maximum atomic E-state index is 11.8. The zero-order valence-corrected chi connectivity index (χ0v) is 9.75. The summed E-state index contributed by atoms with van der Waals surface area (Å²) in [6, 6.07) is 0. The summed E-state index contributed by atoms with van der Waals surface area (Å²) in [5.41, 5.74) is -0.758. The van der Waals surface area contributed by atoms with Gasteiger partial charge in [0, 0.05) is 11.8 Å². The summed E-state index contributed by atoms with van der Waals surface area (Å²) in [7, 11) is -4.05. The Bertz CT molecular complexity index is 398. The molecule has 86 valence electrons. The van der Waals surface area contributed by atoms with Crippen molar-refractivity contribution >= 4 is 15.9 Å². The van der Waals surface area contributed by atoms with E-state index in [-0.39, 0.29) is 17.5 Å². The third kappa shape index (κ3) is 1.52. The predicted octanol–water partition coefficient (Wildman–Crippen LogP) is 1.13. The maximum absolute atomic E-state index is 11.8. The fourth-order valence-corrected chi connectivity index (χ4v) is 4.83. The lowest BCUT2D eigenvalue weighted by molar-refractivity contribution is -0.129. The van der Waals surface area contributed by atoms with Crippen LogP contribution in [0.2, 0.25) is 0 Å². The van der Waals surface area contributed by atoms with Gasteiger partial charge in [-0.05, 0) is 24.2 Å². The highest BCUT2D eigenvalue weighted by atomic mass is 32.2. The van der Waals surface area contributed by atoms with Gasteiger partial charge in [0.25, 0.3) is 10.1 Å². The van der Waals surface area contributed by atoms with Crippen LogP contribution in [0.4, 0.5) is 0 Å². The largest absolute Gasteiger partial charge is 0.299 e. The molecule has 15 heavy (non-hydrogen) atoms. The molecule has 3 unspecified atom stereocenters. The van der Waals surface area contributed by atoms with Crippen LogP contribution in [0.3, 0.4) is 0 Å². The first-order valence-corrected chi connectivity index (χ1v) is 6.86. The molecule has 0 aromatic carbocycles. The molecule has 0 radical (unpaired) electrons. The Balaban J connectivity index is 2.30. The quantitative estimate of drug-likeness (QED) is 0.740. The highest BCUT2D eigenvalue weighted by Crippen LogP contribution is 2.63. The van der Waals surface area contributed by atoms with Gasteiger partial charge < -0.3 is 0 Å². The Kier molecular flexibility index (Phi) is 2.25. The lowest BCUT2D eigenvalue weighted by atomic mass is 9.57. The molecule has 5 heteroatoms. The van der Waals surface area contributed by atoms with Gasteiger partial charge in [0.05, 0.1) is 5.75 Å². The average molecular weight is 232 g/mol. The van der Waals surface area contributed by atoms with Crippen molar-refractivity contribution in [2.75, 3.05) is 5.75 Å². The lowest BCUT2D eigenvalue weighted by Gasteiger charge is -2.47. The number of fused-ring (bicyclic) bond motifs is 1. The summed E-state index contributed by atoms with van der Waals surface area (Å²) in [4.78, 5) is 11.8. The molecule has 2 bridgehead atoms. The summed E-state index contributed by atoms with van der Waals surface area (Å²) in [6.45, 7) is 4.02. The van der Waals surface area contributed by atoms with Gasteiger partial charge in [-0.2, -0.15) is 8.42 Å². The molecule has 3 atom stereocenters. The van der Waals surface area contributed by atoms with E-state index in [4.69, 9.17) is 4.55 Å². The van der Waals surface area contributed by atoms with E-state index in [0.29, 0.717) is 24.7 Å². The fourth-order valence-electron chi connectivity index (χ4n) is 3.71. The third-order valence-corrected chi connectivity index (χ3v) is 4.81. The molecule has 0 aliphatic heterocycles. The fraction of sp³-hybridized carbons (Fsp3) is 0.900. The summed E-state index contributed by atoms with van der Waals surface area (Å²) in [6.07, 6.45) is 1.15. The van der Waals surface area contributed by atoms with Crippen molar-refractivity contribution in [3.63, 3.8) is 0 Å². The van der Waals surface area contributed by atoms with Crippen LogP contribution in [0.5, 0.6) is 0 Å². The molecular weight excluding hydrogens is 216 g/mol. The molecule has 3 saturated carbocycles. The van der Waals surface area contributed by atoms with Crippen molar-refractivity contribution in [3.05, 3.63) is 0 Å². The van der Waals surface area contributed by atoms with E-state index >= 15 is 0 Å². The van der Waals surface area contributed by atoms with Gasteiger partial charge in [-0.15, -0.1) is 0 Å². The van der Waals surface area contributed by atoms with E-state index in [9.17, 15) is 13.2 Å². The minimum atomic E-state index is -4.05. The molecule has 0 saturated heterocycles. The second kappa shape index (κ2) is 3.04. The van der Waals surface area contributed by atoms with Crippen molar-refractivity contribution in [1.82, 2.24) is 0 Å². The summed E-state index contributed by atoms with van der Waals surface area (Å²) in [5, 5.41) is 0. The molecule has 0 spiro atoms. The van der Waals surface area contributed by atoms with Gasteiger partial charge in [0.1, 0.15) is 5.78 Å². The minimum Gasteiger partial charge on any atom is -0.299 e. The van der Waals surface area contributed by atoms with Crippen LogP contribution in [-0.4, -0.2) is 24.5 Å². The lowest BCUT2D eigenvalue weighted by Crippen LogP contribution is -2.50. The summed E-state index contributed by atoms with van der Waals surface area (Å²) < 4.78 is 30.8. The number of carbonyl (C=O) groups excluding carboxylic acids is 1. The average Bonchev–Trinajstić information content (AvgIpc) is 2.34. The first-order valence-electron chi connectivity index (χ1n) is 5.25. The Morgan fingerprint density at radius 3 is 2.53 bits per heavy atom. The van der Waals surface area contributed by atoms with Crippen molar-refractivity contribution in [3.8, 4) is 0 Å². The molecule has 1 N–H and O–H groups in total. The zero-order valence-electron chi connectivity index (χ0n) is 8.93. The van der Waals surface area contributed by atoms with Crippen LogP contribution in [-0.2, 0) is 14.9 Å². The number of carbonyl (C=O) groups is 1. The monoisotopic (exact) mass is 232 g/mol. The molecule has 3 fully saturated rings. The first kappa shape index (κ1) is 11.1. The molecule has 4 nitrogen and oxygen atoms in total. The van der Waals surface area contributed by atoms with Crippen LogP contribution < -0.4 is 0 Å². The molecule has 0 aromatic heterocycles. The Morgan fingerprint density at radius 2 is 2.13 bits per heavy atom. The van der Waals surface area contributed by atoms with E-state index in [1.807, 2.05) is 13.8 Å². The van der Waals surface area contributed by atoms with Crippen LogP contribution in [0.15, 0.2) is 0 Å². The smallest absolute Gasteiger partial charge is 0.265 e. The van der Waals surface area contributed by atoms with Crippen LogP contribution in [0, 0.1) is 23.2 Å². The SMILES string of the molecule is CC(C)C1C2CC(=O)C1(CS(=O)(=O)O)C2. The van der Waals surface area contributed by atoms with Crippen molar-refractivity contribution in [2.24, 2.45) is 23.2 Å². The summed E-state index contributed by atoms with van der Waals surface area (Å²) >= 11 is 0. The van der Waals surface area contributed by atoms with Crippen LogP contribution in [0.1, 0.15) is 26.7 Å². The first-order chi connectivity index (χ1) is 6.76. The Labute approximate surface area is 89.8 Å². The van der Waals surface area contributed by atoms with E-state index in [1.165, 1.54) is 0 Å². The number of hydrogen-bond donors (Lipinski definition) is 1. The normalized spacial score (nSPS) is 39.6. The van der Waals surface area contributed by atoms with Crippen LogP contribution >= 0.6 is 0 Å². The standard InChI is InChI=1S/C10H16O4S/c1-6(2)9-7-3-8(11)10(9,4-7)5-15(12,13)14/h6-7,9H,3-5H2,1-2H3,(H,12,13,14). The van der Waals surface area contributed by atoms with Crippen molar-refractivity contribution in [2.45, 2.75) is 26.7 Å². The van der Waals surface area contributed by atoms with Gasteiger partial charge in [-0.25, -0.2) is 0 Å². The highest BCUT2D eigenvalue weighted by Gasteiger charge is 2.66. The van der Waals surface area contributed by atoms with E-state index in [1.54, 1.807) is 0 Å². The molecule has 3 aliphatic rings. The number of hydrogen-bond acceptors (Lipinski definition) is 3. The number of Topliss-reactive ketones (excluding diaryl/α,β-unsaturated/α-hetero) is 1. The Morgan fingerprint density at radius 1 is 1.53 bits per heavy atom. The minimum absolute atomic E-state index is 0.0313.